The van der Waals surface area contributed by atoms with Crippen molar-refractivity contribution in [2.24, 2.45) is 0 Å². The number of benzene rings is 1. The number of nitrogens with two attached hydrogens (primary N) is 1. The van der Waals surface area contributed by atoms with Crippen molar-refractivity contribution in [3.05, 3.63) is 24.3 Å². The molecule has 5 nitrogen and oxygen atoms in total. The van der Waals surface area contributed by atoms with Gasteiger partial charge in [-0.05, 0) is 12.1 Å². The molecule has 0 fully saturated rings. The van der Waals surface area contributed by atoms with Crippen molar-refractivity contribution in [2.45, 2.75) is 17.7 Å². The van der Waals surface area contributed by atoms with E-state index in [9.17, 15) is 4.79 Å². The standard InChI is InChI=1S/C14H16N4OS/c15-7-3-9-18(10-4-8-16)14(19)11-20-13-6-2-1-5-12(13)17/h1-2,5-6H,3-4,9-11,17H2. The molecular formula is C14H16N4OS. The van der Waals surface area contributed by atoms with Crippen molar-refractivity contribution in [3.63, 3.8) is 0 Å². The van der Waals surface area contributed by atoms with Gasteiger partial charge < -0.3 is 10.6 Å². The number of thioether (sulfide) groups is 1. The van der Waals surface area contributed by atoms with Gasteiger partial charge in [-0.3, -0.25) is 4.79 Å². The first kappa shape index (κ1) is 15.9. The third kappa shape index (κ3) is 5.21. The summed E-state index contributed by atoms with van der Waals surface area (Å²) < 4.78 is 0. The fourth-order valence-corrected chi connectivity index (χ4v) is 2.44. The number of nitrogens with zero attached hydrogens (tertiary/aromatic N) is 3. The molecule has 0 radical (unpaired) electrons. The second-order valence-electron chi connectivity index (χ2n) is 4.02. The fraction of sp³-hybridized carbons (Fsp3) is 0.357. The monoisotopic (exact) mass is 288 g/mol. The molecule has 0 saturated carbocycles. The van der Waals surface area contributed by atoms with Crippen molar-refractivity contribution in [1.29, 1.82) is 10.5 Å². The average molecular weight is 288 g/mol. The first-order chi connectivity index (χ1) is 9.69. The number of anilines is 1. The minimum absolute atomic E-state index is 0.0799. The van der Waals surface area contributed by atoms with E-state index in [1.54, 1.807) is 11.0 Å². The van der Waals surface area contributed by atoms with Crippen LogP contribution < -0.4 is 5.73 Å². The molecule has 0 aliphatic heterocycles. The van der Waals surface area contributed by atoms with E-state index >= 15 is 0 Å². The third-order valence-corrected chi connectivity index (χ3v) is 3.68. The van der Waals surface area contributed by atoms with E-state index < -0.39 is 0 Å². The number of carbonyl (C=O) groups is 1. The molecule has 0 heterocycles. The lowest BCUT2D eigenvalue weighted by Crippen LogP contribution is -2.34. The van der Waals surface area contributed by atoms with Crippen LogP contribution in [-0.2, 0) is 4.79 Å². The summed E-state index contributed by atoms with van der Waals surface area (Å²) >= 11 is 1.37. The lowest BCUT2D eigenvalue weighted by Gasteiger charge is -2.20. The van der Waals surface area contributed by atoms with Crippen molar-refractivity contribution in [3.8, 4) is 12.1 Å². The van der Waals surface area contributed by atoms with Crippen molar-refractivity contribution >= 4 is 23.4 Å². The smallest absolute Gasteiger partial charge is 0.232 e. The van der Waals surface area contributed by atoms with Crippen LogP contribution in [0, 0.1) is 22.7 Å². The Morgan fingerprint density at radius 3 is 2.35 bits per heavy atom. The highest BCUT2D eigenvalue weighted by molar-refractivity contribution is 8.00. The number of nitriles is 2. The Morgan fingerprint density at radius 2 is 1.80 bits per heavy atom. The molecule has 0 spiro atoms. The molecule has 104 valence electrons. The Hall–Kier alpha value is -2.18. The van der Waals surface area contributed by atoms with E-state index in [0.29, 0.717) is 18.8 Å². The quantitative estimate of drug-likeness (QED) is 0.612. The normalized spacial score (nSPS) is 9.50. The van der Waals surface area contributed by atoms with Gasteiger partial charge in [0.05, 0.1) is 30.7 Å². The average Bonchev–Trinajstić information content (AvgIpc) is 2.46. The number of rotatable bonds is 7. The van der Waals surface area contributed by atoms with E-state index in [4.69, 9.17) is 16.3 Å². The van der Waals surface area contributed by atoms with Gasteiger partial charge >= 0.3 is 0 Å². The molecule has 20 heavy (non-hydrogen) atoms. The van der Waals surface area contributed by atoms with Gasteiger partial charge in [-0.15, -0.1) is 11.8 Å². The van der Waals surface area contributed by atoms with Gasteiger partial charge in [-0.25, -0.2) is 0 Å². The maximum atomic E-state index is 12.1. The maximum Gasteiger partial charge on any atom is 0.232 e. The molecule has 0 saturated heterocycles. The van der Waals surface area contributed by atoms with Gasteiger partial charge in [0.15, 0.2) is 0 Å². The highest BCUT2D eigenvalue weighted by Gasteiger charge is 2.13. The summed E-state index contributed by atoms with van der Waals surface area (Å²) in [6, 6.07) is 11.4. The highest BCUT2D eigenvalue weighted by atomic mass is 32.2. The summed E-state index contributed by atoms with van der Waals surface area (Å²) in [5, 5.41) is 17.2. The molecule has 1 amide bonds. The molecule has 0 aliphatic rings. The van der Waals surface area contributed by atoms with Gasteiger partial charge in [0, 0.05) is 23.7 Å². The molecule has 0 aromatic heterocycles. The summed E-state index contributed by atoms with van der Waals surface area (Å²) in [5.41, 5.74) is 6.46. The number of para-hydroxylation sites is 1. The van der Waals surface area contributed by atoms with Crippen LogP contribution in [0.2, 0.25) is 0 Å². The maximum absolute atomic E-state index is 12.1. The van der Waals surface area contributed by atoms with Crippen molar-refractivity contribution in [2.75, 3.05) is 24.6 Å². The van der Waals surface area contributed by atoms with Crippen molar-refractivity contribution < 1.29 is 4.79 Å². The number of amides is 1. The Labute approximate surface area is 123 Å². The van der Waals surface area contributed by atoms with E-state index in [2.05, 4.69) is 0 Å². The Bertz CT molecular complexity index is 515. The van der Waals surface area contributed by atoms with E-state index in [1.807, 2.05) is 30.3 Å². The van der Waals surface area contributed by atoms with Crippen LogP contribution in [0.15, 0.2) is 29.2 Å². The summed E-state index contributed by atoms with van der Waals surface area (Å²) in [6.45, 7) is 0.726. The SMILES string of the molecule is N#CCCN(CCC#N)C(=O)CSc1ccccc1N. The predicted octanol–water partition coefficient (Wildman–Crippen LogP) is 2.02. The van der Waals surface area contributed by atoms with E-state index in [0.717, 1.165) is 4.90 Å². The van der Waals surface area contributed by atoms with Gasteiger partial charge in [-0.1, -0.05) is 12.1 Å². The lowest BCUT2D eigenvalue weighted by atomic mass is 10.3. The summed E-state index contributed by atoms with van der Waals surface area (Å²) in [7, 11) is 0. The zero-order valence-corrected chi connectivity index (χ0v) is 11.9. The zero-order valence-electron chi connectivity index (χ0n) is 11.1. The fourth-order valence-electron chi connectivity index (χ4n) is 1.57. The molecule has 1 aromatic carbocycles. The number of hydrogen-bond acceptors (Lipinski definition) is 5. The lowest BCUT2D eigenvalue weighted by molar-refractivity contribution is -0.128. The van der Waals surface area contributed by atoms with Crippen molar-refractivity contribution in [1.82, 2.24) is 4.90 Å². The first-order valence-electron chi connectivity index (χ1n) is 6.18. The van der Waals surface area contributed by atoms with Crippen LogP contribution in [-0.4, -0.2) is 29.6 Å². The van der Waals surface area contributed by atoms with Gasteiger partial charge in [0.1, 0.15) is 0 Å². The van der Waals surface area contributed by atoms with E-state index in [-0.39, 0.29) is 24.5 Å². The second kappa shape index (κ2) is 8.84. The van der Waals surface area contributed by atoms with Crippen LogP contribution in [0.5, 0.6) is 0 Å². The molecule has 0 aliphatic carbocycles. The highest BCUT2D eigenvalue weighted by Crippen LogP contribution is 2.24. The Morgan fingerprint density at radius 1 is 1.20 bits per heavy atom. The summed E-state index contributed by atoms with van der Waals surface area (Å²) in [6.07, 6.45) is 0.546. The van der Waals surface area contributed by atoms with E-state index in [1.165, 1.54) is 11.8 Å². The first-order valence-corrected chi connectivity index (χ1v) is 7.16. The molecule has 1 aromatic rings. The second-order valence-corrected chi connectivity index (χ2v) is 5.04. The van der Waals surface area contributed by atoms with Gasteiger partial charge in [-0.2, -0.15) is 10.5 Å². The van der Waals surface area contributed by atoms with Crippen LogP contribution in [0.3, 0.4) is 0 Å². The number of nitrogen functional groups attached to an aromatic ring is 1. The summed E-state index contributed by atoms with van der Waals surface area (Å²) in [5.74, 6) is 0.175. The van der Waals surface area contributed by atoms with Gasteiger partial charge in [0.2, 0.25) is 5.91 Å². The van der Waals surface area contributed by atoms with Crippen LogP contribution in [0.1, 0.15) is 12.8 Å². The molecule has 0 unspecified atom stereocenters. The van der Waals surface area contributed by atoms with Crippen LogP contribution in [0.4, 0.5) is 5.69 Å². The molecule has 2 N–H and O–H groups in total. The van der Waals surface area contributed by atoms with Crippen LogP contribution >= 0.6 is 11.8 Å². The molecule has 1 rings (SSSR count). The Kier molecular flexibility index (Phi) is 7.02. The predicted molar refractivity (Wildman–Crippen MR) is 78.6 cm³/mol. The Balaban J connectivity index is 2.55. The molecule has 6 heteroatoms. The number of hydrogen-bond donors (Lipinski definition) is 1. The zero-order chi connectivity index (χ0) is 14.8. The molecule has 0 atom stereocenters. The van der Waals surface area contributed by atoms with Gasteiger partial charge in [0.25, 0.3) is 0 Å². The topological polar surface area (TPSA) is 93.9 Å². The molecular weight excluding hydrogens is 272 g/mol. The minimum Gasteiger partial charge on any atom is -0.398 e. The summed E-state index contributed by atoms with van der Waals surface area (Å²) in [4.78, 5) is 14.5. The number of carbonyl (C=O) groups excluding carboxylic acids is 1. The van der Waals surface area contributed by atoms with Crippen LogP contribution in [0.25, 0.3) is 0 Å². The molecule has 0 bridgehead atoms. The minimum atomic E-state index is -0.0799. The third-order valence-electron chi connectivity index (χ3n) is 2.61. The largest absolute Gasteiger partial charge is 0.398 e.